The molecule has 0 aromatic heterocycles. The summed E-state index contributed by atoms with van der Waals surface area (Å²) in [5.41, 5.74) is 3.23. The van der Waals surface area contributed by atoms with Crippen LogP contribution >= 0.6 is 0 Å². The highest BCUT2D eigenvalue weighted by Gasteiger charge is 2.59. The Hall–Kier alpha value is -4.77. The Labute approximate surface area is 448 Å². The van der Waals surface area contributed by atoms with Crippen LogP contribution in [0.25, 0.3) is 0 Å². The van der Waals surface area contributed by atoms with E-state index in [1.165, 1.54) is 63.2 Å². The Morgan fingerprint density at radius 2 is 1.32 bits per heavy atom. The average Bonchev–Trinajstić information content (AvgIpc) is 4.32. The van der Waals surface area contributed by atoms with Crippen LogP contribution in [0.15, 0.2) is 72.8 Å². The third-order valence-corrected chi connectivity index (χ3v) is 20.4. The number of nitrogens with one attached hydrogen (secondary N) is 1. The number of likely N-dealkylation sites (tertiary alicyclic amines) is 2. The first-order valence-corrected chi connectivity index (χ1v) is 29.2. The molecular formula is C55H78F2N6O11S2. The van der Waals surface area contributed by atoms with E-state index in [2.05, 4.69) is 4.72 Å². The maximum atomic E-state index is 13.7. The minimum Gasteiger partial charge on any atom is -0.497 e. The van der Waals surface area contributed by atoms with Crippen molar-refractivity contribution in [3.63, 3.8) is 0 Å². The topological polar surface area (TPSA) is 185 Å². The van der Waals surface area contributed by atoms with E-state index in [1.54, 1.807) is 41.2 Å². The van der Waals surface area contributed by atoms with Gasteiger partial charge in [-0.1, -0.05) is 43.3 Å². The highest BCUT2D eigenvalue weighted by Crippen LogP contribution is 2.63. The number of benzene rings is 3. The summed E-state index contributed by atoms with van der Waals surface area (Å²) in [7, 11) is 2.87. The van der Waals surface area contributed by atoms with Gasteiger partial charge in [-0.15, -0.1) is 0 Å². The number of rotatable bonds is 15. The van der Waals surface area contributed by atoms with Crippen molar-refractivity contribution in [3.8, 4) is 5.75 Å². The summed E-state index contributed by atoms with van der Waals surface area (Å²) < 4.78 is 106. The fourth-order valence-corrected chi connectivity index (χ4v) is 14.7. The van der Waals surface area contributed by atoms with Crippen LogP contribution < -0.4 is 9.46 Å². The summed E-state index contributed by atoms with van der Waals surface area (Å²) in [4.78, 5) is 39.2. The van der Waals surface area contributed by atoms with Crippen LogP contribution in [0.2, 0.25) is 0 Å². The molecule has 17 nitrogen and oxygen atoms in total. The maximum Gasteiger partial charge on any atom is 0.410 e. The Morgan fingerprint density at radius 3 is 1.83 bits per heavy atom. The standard InChI is InChI=1S/C23H34FN3O5S.C19H31N3O5S.C13H13FO/c1-15-10-20(25-33(29,30)26(2)3)21(27(15)22(28)31-4)14-32-19-8-9-23(13-17(23)12-19)16-6-5-7-18(24)11-16;1-7-17-18(12-14(2)22(17)19(23)27-6)21(28(24,25)20(3)4)13-15-8-10-16(26-5)11-9-15;14-11-3-1-2-9(6-11)13-5-4-12(15)7-10(13)8-13/h5-7,11,15,17,19-21,25H,8-10,12-14H2,1-4H3;8-11,14,17-18H,7,12-13H2,1-6H3;1-3,6,10H,4-5,7-8H2/t15-,17?,19?,20+,21+,23?;14-,17+,18+;/m11./s1. The summed E-state index contributed by atoms with van der Waals surface area (Å²) in [6.07, 6.45) is 7.85. The van der Waals surface area contributed by atoms with Gasteiger partial charge < -0.3 is 23.8 Å². The number of amides is 2. The van der Waals surface area contributed by atoms with Crippen LogP contribution in [0.4, 0.5) is 18.4 Å². The smallest absolute Gasteiger partial charge is 0.410 e. The van der Waals surface area contributed by atoms with E-state index >= 15 is 0 Å². The molecule has 4 saturated carbocycles. The number of ketones is 1. The number of nitrogens with zero attached hydrogens (tertiary/aromatic N) is 5. The third-order valence-electron chi connectivity index (χ3n) is 16.9. The summed E-state index contributed by atoms with van der Waals surface area (Å²) in [6.45, 7) is 6.21. The highest BCUT2D eigenvalue weighted by atomic mass is 32.2. The second kappa shape index (κ2) is 24.1. The number of methoxy groups -OCH3 is 3. The van der Waals surface area contributed by atoms with Gasteiger partial charge >= 0.3 is 12.2 Å². The molecule has 420 valence electrons. The quantitative estimate of drug-likeness (QED) is 0.157. The number of fused-ring (bicyclic) bond motifs is 2. The molecule has 0 radical (unpaired) electrons. The molecule has 1 N–H and O–H groups in total. The largest absolute Gasteiger partial charge is 0.497 e. The van der Waals surface area contributed by atoms with E-state index in [0.717, 1.165) is 59.5 Å². The summed E-state index contributed by atoms with van der Waals surface area (Å²) in [5.74, 6) is 1.67. The second-order valence-corrected chi connectivity index (χ2v) is 25.8. The van der Waals surface area contributed by atoms with Gasteiger partial charge in [0.2, 0.25) is 0 Å². The number of hydrogen-bond acceptors (Lipinski definition) is 11. The fourth-order valence-electron chi connectivity index (χ4n) is 12.5. The van der Waals surface area contributed by atoms with E-state index < -0.39 is 44.7 Å². The highest BCUT2D eigenvalue weighted by molar-refractivity contribution is 7.87. The first-order chi connectivity index (χ1) is 35.9. The number of hydrogen-bond donors (Lipinski definition) is 1. The molecule has 76 heavy (non-hydrogen) atoms. The van der Waals surface area contributed by atoms with Gasteiger partial charge in [0.25, 0.3) is 20.4 Å². The summed E-state index contributed by atoms with van der Waals surface area (Å²) >= 11 is 0. The number of Topliss-reactive ketones (excluding diaryl/α,β-unsaturated/α-hetero) is 1. The van der Waals surface area contributed by atoms with E-state index in [4.69, 9.17) is 18.9 Å². The Bertz CT molecular complexity index is 2760. The molecule has 6 fully saturated rings. The van der Waals surface area contributed by atoms with Gasteiger partial charge in [-0.25, -0.2) is 18.4 Å². The lowest BCUT2D eigenvalue weighted by molar-refractivity contribution is -0.120. The molecule has 2 saturated heterocycles. The number of halogens is 2. The minimum atomic E-state index is -3.70. The molecule has 2 aliphatic heterocycles. The lowest BCUT2D eigenvalue weighted by Crippen LogP contribution is -2.52. The Kier molecular flexibility index (Phi) is 18.7. The van der Waals surface area contributed by atoms with Gasteiger partial charge in [-0.2, -0.15) is 34.5 Å². The molecule has 3 aromatic rings. The monoisotopic (exact) mass is 1100 g/mol. The predicted molar refractivity (Wildman–Crippen MR) is 284 cm³/mol. The molecule has 11 atom stereocenters. The fraction of sp³-hybridized carbons (Fsp3) is 0.618. The zero-order valence-corrected chi connectivity index (χ0v) is 47.2. The van der Waals surface area contributed by atoms with Crippen molar-refractivity contribution in [1.29, 1.82) is 0 Å². The molecule has 4 aliphatic carbocycles. The van der Waals surface area contributed by atoms with Gasteiger partial charge in [-0.05, 0) is 147 Å². The summed E-state index contributed by atoms with van der Waals surface area (Å²) in [5, 5.41) is 0. The molecule has 3 aromatic carbocycles. The van der Waals surface area contributed by atoms with Crippen molar-refractivity contribution in [2.75, 3.05) is 56.1 Å². The average molecular weight is 1100 g/mol. The van der Waals surface area contributed by atoms with E-state index in [0.29, 0.717) is 55.5 Å². The maximum absolute atomic E-state index is 13.7. The zero-order valence-electron chi connectivity index (χ0n) is 45.6. The first kappa shape index (κ1) is 58.9. The molecule has 0 bridgehead atoms. The Morgan fingerprint density at radius 1 is 0.750 bits per heavy atom. The second-order valence-electron chi connectivity index (χ2n) is 21.8. The van der Waals surface area contributed by atoms with Crippen LogP contribution in [0.3, 0.4) is 0 Å². The van der Waals surface area contributed by atoms with Crippen molar-refractivity contribution in [1.82, 2.24) is 27.4 Å². The van der Waals surface area contributed by atoms with Crippen LogP contribution in [-0.2, 0) is 56.8 Å². The number of ether oxygens (including phenoxy) is 4. The molecule has 2 heterocycles. The lowest BCUT2D eigenvalue weighted by atomic mass is 9.81. The number of carbonyl (C=O) groups is 3. The van der Waals surface area contributed by atoms with E-state index in [-0.39, 0.29) is 65.9 Å². The van der Waals surface area contributed by atoms with Crippen molar-refractivity contribution < 1.29 is 58.9 Å². The van der Waals surface area contributed by atoms with Crippen LogP contribution in [-0.4, -0.2) is 156 Å². The van der Waals surface area contributed by atoms with Crippen LogP contribution in [0.1, 0.15) is 108 Å². The molecule has 21 heteroatoms. The van der Waals surface area contributed by atoms with E-state index in [9.17, 15) is 40.0 Å². The van der Waals surface area contributed by atoms with Crippen LogP contribution in [0.5, 0.6) is 5.75 Å². The SMILES string of the molecule is CC[C@H]1[C@@H](N(Cc2ccc(OC)cc2)S(=O)(=O)N(C)C)C[C@@H](C)N1C(=O)OC.COC(=O)N1[C@H](C)C[C@H](NS(=O)(=O)N(C)C)[C@@H]1COC1CCC2(c3cccc(F)c3)CC2C1.O=C1CCC2(c3cccc(F)c3)CC2C1. The van der Waals surface area contributed by atoms with Crippen molar-refractivity contribution in [2.45, 2.75) is 151 Å². The lowest BCUT2D eigenvalue weighted by Gasteiger charge is -2.35. The molecular weight excluding hydrogens is 1020 g/mol. The third kappa shape index (κ3) is 12.7. The molecule has 5 unspecified atom stereocenters. The van der Waals surface area contributed by atoms with Gasteiger partial charge in [0.05, 0.1) is 46.1 Å². The molecule has 0 spiro atoms. The van der Waals surface area contributed by atoms with Crippen LogP contribution in [0, 0.1) is 23.5 Å². The van der Waals surface area contributed by atoms with Gasteiger partial charge in [0, 0.05) is 71.7 Å². The molecule has 6 aliphatic rings. The minimum absolute atomic E-state index is 0.0284. The first-order valence-electron chi connectivity index (χ1n) is 26.3. The Balaban J connectivity index is 0.000000176. The van der Waals surface area contributed by atoms with Crippen molar-refractivity contribution >= 4 is 38.4 Å². The normalized spacial score (nSPS) is 29.7. The van der Waals surface area contributed by atoms with Gasteiger partial charge in [-0.3, -0.25) is 9.69 Å². The van der Waals surface area contributed by atoms with Gasteiger partial charge in [0.15, 0.2) is 0 Å². The van der Waals surface area contributed by atoms with Gasteiger partial charge in [0.1, 0.15) is 23.2 Å². The predicted octanol–water partition coefficient (Wildman–Crippen LogP) is 7.79. The van der Waals surface area contributed by atoms with Crippen molar-refractivity contribution in [3.05, 3.63) is 101 Å². The van der Waals surface area contributed by atoms with E-state index in [1.807, 2.05) is 57.2 Å². The zero-order chi connectivity index (χ0) is 55.5. The number of carbonyl (C=O) groups excluding carboxylic acids is 3. The molecule has 9 rings (SSSR count). The van der Waals surface area contributed by atoms with Crippen molar-refractivity contribution in [2.24, 2.45) is 11.8 Å². The summed E-state index contributed by atoms with van der Waals surface area (Å²) in [6, 6.07) is 19.3. The molecule has 2 amide bonds.